The fraction of sp³-hybridized carbons (Fsp3) is 0.0714. The van der Waals surface area contributed by atoms with Crippen molar-refractivity contribution in [2.45, 2.75) is 5.88 Å². The van der Waals surface area contributed by atoms with E-state index in [2.05, 4.69) is 0 Å². The van der Waals surface area contributed by atoms with Crippen LogP contribution in [-0.4, -0.2) is 10.9 Å². The molecule has 1 N–H and O–H groups in total. The molecule has 2 aromatic carbocycles. The second-order valence-electron chi connectivity index (χ2n) is 3.67. The van der Waals surface area contributed by atoms with Crippen molar-refractivity contribution in [3.63, 3.8) is 0 Å². The van der Waals surface area contributed by atoms with Crippen molar-refractivity contribution in [3.05, 3.63) is 65.2 Å². The number of carbonyl (C=O) groups excluding carboxylic acids is 1. The Morgan fingerprint density at radius 1 is 1.06 bits per heavy atom. The number of benzene rings is 2. The Hall–Kier alpha value is -1.80. The predicted molar refractivity (Wildman–Crippen MR) is 67.5 cm³/mol. The quantitative estimate of drug-likeness (QED) is 0.666. The third-order valence-electron chi connectivity index (χ3n) is 2.54. The maximum absolute atomic E-state index is 12.2. The summed E-state index contributed by atoms with van der Waals surface area (Å²) in [6.07, 6.45) is 0. The van der Waals surface area contributed by atoms with Crippen molar-refractivity contribution in [1.82, 2.24) is 0 Å². The Morgan fingerprint density at radius 2 is 1.71 bits per heavy atom. The van der Waals surface area contributed by atoms with Crippen molar-refractivity contribution in [3.8, 4) is 5.75 Å². The molecule has 0 heterocycles. The highest BCUT2D eigenvalue weighted by Gasteiger charge is 2.12. The van der Waals surface area contributed by atoms with Gasteiger partial charge in [-0.2, -0.15) is 0 Å². The SMILES string of the molecule is O=C(c1ccc(O)cc1)c1ccccc1CCl. The summed E-state index contributed by atoms with van der Waals surface area (Å²) in [7, 11) is 0. The molecule has 2 nitrogen and oxygen atoms in total. The molecule has 0 bridgehead atoms. The number of rotatable bonds is 3. The van der Waals surface area contributed by atoms with Crippen LogP contribution in [0, 0.1) is 0 Å². The molecule has 0 spiro atoms. The molecule has 0 fully saturated rings. The number of alkyl halides is 1. The van der Waals surface area contributed by atoms with E-state index in [0.29, 0.717) is 17.0 Å². The second kappa shape index (κ2) is 5.02. The molecule has 0 unspecified atom stereocenters. The van der Waals surface area contributed by atoms with Crippen LogP contribution in [-0.2, 0) is 5.88 Å². The van der Waals surface area contributed by atoms with Gasteiger partial charge in [-0.15, -0.1) is 11.6 Å². The molecule has 0 aliphatic heterocycles. The number of halogens is 1. The number of phenolic OH excluding ortho intramolecular Hbond substituents is 1. The standard InChI is InChI=1S/C14H11ClO2/c15-9-11-3-1-2-4-13(11)14(17)10-5-7-12(16)8-6-10/h1-8,16H,9H2. The Balaban J connectivity index is 2.40. The summed E-state index contributed by atoms with van der Waals surface area (Å²) in [5.74, 6) is 0.369. The topological polar surface area (TPSA) is 37.3 Å². The lowest BCUT2D eigenvalue weighted by Gasteiger charge is -2.06. The van der Waals surface area contributed by atoms with E-state index in [1.54, 1.807) is 18.2 Å². The van der Waals surface area contributed by atoms with Crippen molar-refractivity contribution >= 4 is 17.4 Å². The summed E-state index contributed by atoms with van der Waals surface area (Å²) in [6, 6.07) is 13.4. The first kappa shape index (κ1) is 11.7. The van der Waals surface area contributed by atoms with Gasteiger partial charge in [0.25, 0.3) is 0 Å². The Morgan fingerprint density at radius 3 is 2.35 bits per heavy atom. The molecule has 0 radical (unpaired) electrons. The van der Waals surface area contributed by atoms with Crippen LogP contribution >= 0.6 is 11.6 Å². The smallest absolute Gasteiger partial charge is 0.193 e. The fourth-order valence-corrected chi connectivity index (χ4v) is 1.86. The minimum absolute atomic E-state index is 0.0822. The van der Waals surface area contributed by atoms with Gasteiger partial charge in [-0.3, -0.25) is 4.79 Å². The molecule has 2 aromatic rings. The monoisotopic (exact) mass is 246 g/mol. The summed E-state index contributed by atoms with van der Waals surface area (Å²) in [5, 5.41) is 9.18. The Bertz CT molecular complexity index is 532. The molecule has 0 aliphatic carbocycles. The van der Waals surface area contributed by atoms with Crippen molar-refractivity contribution < 1.29 is 9.90 Å². The highest BCUT2D eigenvalue weighted by atomic mass is 35.5. The summed E-state index contributed by atoms with van der Waals surface area (Å²) in [5.41, 5.74) is 1.96. The molecule has 0 saturated heterocycles. The van der Waals surface area contributed by atoms with Crippen LogP contribution in [0.4, 0.5) is 0 Å². The molecule has 0 aliphatic rings. The lowest BCUT2D eigenvalue weighted by molar-refractivity contribution is 0.103. The van der Waals surface area contributed by atoms with Gasteiger partial charge in [0.1, 0.15) is 5.75 Å². The van der Waals surface area contributed by atoms with E-state index in [1.807, 2.05) is 18.2 Å². The normalized spacial score (nSPS) is 10.2. The molecule has 0 amide bonds. The zero-order chi connectivity index (χ0) is 12.3. The molecule has 2 rings (SSSR count). The molecular formula is C14H11ClO2. The number of phenols is 1. The Labute approximate surface area is 104 Å². The van der Waals surface area contributed by atoms with Crippen molar-refractivity contribution in [2.75, 3.05) is 0 Å². The highest BCUT2D eigenvalue weighted by Crippen LogP contribution is 2.18. The van der Waals surface area contributed by atoms with E-state index < -0.39 is 0 Å². The summed E-state index contributed by atoms with van der Waals surface area (Å²) < 4.78 is 0. The largest absolute Gasteiger partial charge is 0.508 e. The summed E-state index contributed by atoms with van der Waals surface area (Å²) >= 11 is 5.80. The second-order valence-corrected chi connectivity index (χ2v) is 3.93. The van der Waals surface area contributed by atoms with Crippen LogP contribution in [0.2, 0.25) is 0 Å². The van der Waals surface area contributed by atoms with Gasteiger partial charge in [-0.25, -0.2) is 0 Å². The molecule has 17 heavy (non-hydrogen) atoms. The maximum Gasteiger partial charge on any atom is 0.193 e. The van der Waals surface area contributed by atoms with E-state index in [1.165, 1.54) is 12.1 Å². The average Bonchev–Trinajstić information content (AvgIpc) is 2.39. The minimum atomic E-state index is -0.0822. The summed E-state index contributed by atoms with van der Waals surface area (Å²) in [6.45, 7) is 0. The molecule has 0 atom stereocenters. The van der Waals surface area contributed by atoms with Gasteiger partial charge >= 0.3 is 0 Å². The average molecular weight is 247 g/mol. The number of hydrogen-bond donors (Lipinski definition) is 1. The number of hydrogen-bond acceptors (Lipinski definition) is 2. The van der Waals surface area contributed by atoms with Gasteiger partial charge in [0.2, 0.25) is 0 Å². The maximum atomic E-state index is 12.2. The van der Waals surface area contributed by atoms with Gasteiger partial charge in [0, 0.05) is 17.0 Å². The zero-order valence-corrected chi connectivity index (χ0v) is 9.82. The van der Waals surface area contributed by atoms with Crippen LogP contribution in [0.3, 0.4) is 0 Å². The number of carbonyl (C=O) groups is 1. The van der Waals surface area contributed by atoms with Crippen LogP contribution in [0.5, 0.6) is 5.75 Å². The summed E-state index contributed by atoms with van der Waals surface area (Å²) in [4.78, 5) is 12.2. The first-order valence-corrected chi connectivity index (χ1v) is 5.73. The van der Waals surface area contributed by atoms with E-state index in [4.69, 9.17) is 11.6 Å². The van der Waals surface area contributed by atoms with E-state index in [-0.39, 0.29) is 11.5 Å². The molecule has 3 heteroatoms. The molecule has 86 valence electrons. The van der Waals surface area contributed by atoms with Gasteiger partial charge < -0.3 is 5.11 Å². The van der Waals surface area contributed by atoms with E-state index in [9.17, 15) is 9.90 Å². The van der Waals surface area contributed by atoms with Crippen LogP contribution in [0.15, 0.2) is 48.5 Å². The Kier molecular flexibility index (Phi) is 3.45. The van der Waals surface area contributed by atoms with Crippen molar-refractivity contribution in [1.29, 1.82) is 0 Å². The first-order valence-electron chi connectivity index (χ1n) is 5.20. The van der Waals surface area contributed by atoms with Gasteiger partial charge in [-0.1, -0.05) is 24.3 Å². The van der Waals surface area contributed by atoms with Gasteiger partial charge in [0.05, 0.1) is 0 Å². The molecule has 0 saturated carbocycles. The number of ketones is 1. The highest BCUT2D eigenvalue weighted by molar-refractivity contribution is 6.18. The van der Waals surface area contributed by atoms with Gasteiger partial charge in [0.15, 0.2) is 5.78 Å². The minimum Gasteiger partial charge on any atom is -0.508 e. The van der Waals surface area contributed by atoms with E-state index in [0.717, 1.165) is 5.56 Å². The first-order chi connectivity index (χ1) is 8.22. The lowest BCUT2D eigenvalue weighted by atomic mass is 9.99. The molecule has 0 aromatic heterocycles. The van der Waals surface area contributed by atoms with Crippen LogP contribution in [0.1, 0.15) is 21.5 Å². The van der Waals surface area contributed by atoms with E-state index >= 15 is 0 Å². The fourth-order valence-electron chi connectivity index (χ4n) is 1.63. The van der Waals surface area contributed by atoms with Gasteiger partial charge in [-0.05, 0) is 29.8 Å². The number of aromatic hydroxyl groups is 1. The van der Waals surface area contributed by atoms with Crippen LogP contribution < -0.4 is 0 Å². The van der Waals surface area contributed by atoms with Crippen molar-refractivity contribution in [2.24, 2.45) is 0 Å². The third-order valence-corrected chi connectivity index (χ3v) is 2.82. The van der Waals surface area contributed by atoms with Crippen LogP contribution in [0.25, 0.3) is 0 Å². The molecular weight excluding hydrogens is 236 g/mol. The lowest BCUT2D eigenvalue weighted by Crippen LogP contribution is -2.04. The predicted octanol–water partition coefficient (Wildman–Crippen LogP) is 3.36. The zero-order valence-electron chi connectivity index (χ0n) is 9.06. The third kappa shape index (κ3) is 2.48.